The van der Waals surface area contributed by atoms with Crippen molar-refractivity contribution in [2.24, 2.45) is 0 Å². The lowest BCUT2D eigenvalue weighted by Crippen LogP contribution is -2.00. The van der Waals surface area contributed by atoms with Crippen LogP contribution in [0.4, 0.5) is 0 Å². The molecular weight excluding hydrogens is 272 g/mol. The first kappa shape index (κ1) is 12.8. The third kappa shape index (κ3) is 2.19. The molecule has 3 aromatic rings. The maximum absolute atomic E-state index is 11.5. The van der Waals surface area contributed by atoms with Gasteiger partial charge in [0.25, 0.3) is 10.1 Å². The van der Waals surface area contributed by atoms with Crippen LogP contribution in [-0.2, 0) is 10.1 Å². The van der Waals surface area contributed by atoms with E-state index in [0.717, 1.165) is 16.3 Å². The summed E-state index contributed by atoms with van der Waals surface area (Å²) in [5, 5.41) is 1.97. The number of hydrogen-bond donors (Lipinski definition) is 1. The molecule has 0 amide bonds. The van der Waals surface area contributed by atoms with E-state index in [9.17, 15) is 13.0 Å². The van der Waals surface area contributed by atoms with E-state index < -0.39 is 10.1 Å². The van der Waals surface area contributed by atoms with Crippen LogP contribution in [0.15, 0.2) is 71.6 Å². The van der Waals surface area contributed by atoms with Crippen molar-refractivity contribution in [2.45, 2.75) is 4.90 Å². The Bertz CT molecular complexity index is 878. The van der Waals surface area contributed by atoms with Crippen LogP contribution in [-0.4, -0.2) is 13.0 Å². The molecule has 0 saturated heterocycles. The Balaban J connectivity index is 2.38. The molecule has 0 aromatic heterocycles. The standard InChI is InChI=1S/C16H12O3S/c17-20(18,19)16-11-4-3-9-15(16)14-10-5-7-12-6-1-2-8-13(12)14/h1-11H,(H,17,18,19). The Morgan fingerprint density at radius 1 is 0.700 bits per heavy atom. The molecule has 3 rings (SSSR count). The topological polar surface area (TPSA) is 54.4 Å². The fraction of sp³-hybridized carbons (Fsp3) is 0. The molecular formula is C16H12O3S. The SMILES string of the molecule is O=S(=O)(O)c1ccccc1-c1cccc2ccccc12. The summed E-state index contributed by atoms with van der Waals surface area (Å²) in [5.41, 5.74) is 1.29. The van der Waals surface area contributed by atoms with Crippen LogP contribution >= 0.6 is 0 Å². The van der Waals surface area contributed by atoms with Gasteiger partial charge in [-0.25, -0.2) is 0 Å². The van der Waals surface area contributed by atoms with Gasteiger partial charge in [-0.05, 0) is 22.4 Å². The van der Waals surface area contributed by atoms with Gasteiger partial charge in [-0.2, -0.15) is 8.42 Å². The molecule has 4 heteroatoms. The van der Waals surface area contributed by atoms with Crippen molar-refractivity contribution in [2.75, 3.05) is 0 Å². The summed E-state index contributed by atoms with van der Waals surface area (Å²) in [5.74, 6) is 0. The molecule has 0 saturated carbocycles. The van der Waals surface area contributed by atoms with Gasteiger partial charge < -0.3 is 0 Å². The molecule has 0 radical (unpaired) electrons. The second-order valence-electron chi connectivity index (χ2n) is 4.50. The molecule has 0 heterocycles. The Labute approximate surface area is 117 Å². The number of fused-ring (bicyclic) bond motifs is 1. The molecule has 3 aromatic carbocycles. The molecule has 0 aliphatic heterocycles. The molecule has 100 valence electrons. The fourth-order valence-corrected chi connectivity index (χ4v) is 3.08. The van der Waals surface area contributed by atoms with E-state index in [1.807, 2.05) is 42.5 Å². The highest BCUT2D eigenvalue weighted by atomic mass is 32.2. The second kappa shape index (κ2) is 4.74. The first-order valence-electron chi connectivity index (χ1n) is 6.12. The highest BCUT2D eigenvalue weighted by molar-refractivity contribution is 7.86. The van der Waals surface area contributed by atoms with E-state index in [-0.39, 0.29) is 4.90 Å². The van der Waals surface area contributed by atoms with Gasteiger partial charge in [0.1, 0.15) is 4.90 Å². The quantitative estimate of drug-likeness (QED) is 0.729. The first-order chi connectivity index (χ1) is 9.57. The lowest BCUT2D eigenvalue weighted by molar-refractivity contribution is 0.483. The highest BCUT2D eigenvalue weighted by Gasteiger charge is 2.16. The summed E-state index contributed by atoms with van der Waals surface area (Å²) < 4.78 is 32.4. The summed E-state index contributed by atoms with van der Waals surface area (Å²) in [6, 6.07) is 19.9. The van der Waals surface area contributed by atoms with Crippen LogP contribution < -0.4 is 0 Å². The molecule has 0 atom stereocenters. The summed E-state index contributed by atoms with van der Waals surface area (Å²) in [4.78, 5) is -0.0728. The maximum Gasteiger partial charge on any atom is 0.295 e. The van der Waals surface area contributed by atoms with Crippen LogP contribution in [0.25, 0.3) is 21.9 Å². The summed E-state index contributed by atoms with van der Waals surface area (Å²) in [6.45, 7) is 0. The van der Waals surface area contributed by atoms with Gasteiger partial charge in [0.2, 0.25) is 0 Å². The highest BCUT2D eigenvalue weighted by Crippen LogP contribution is 2.32. The molecule has 0 bridgehead atoms. The van der Waals surface area contributed by atoms with E-state index in [0.29, 0.717) is 5.56 Å². The van der Waals surface area contributed by atoms with Crippen molar-refractivity contribution in [3.63, 3.8) is 0 Å². The number of rotatable bonds is 2. The van der Waals surface area contributed by atoms with Crippen molar-refractivity contribution in [3.8, 4) is 11.1 Å². The summed E-state index contributed by atoms with van der Waals surface area (Å²) >= 11 is 0. The molecule has 0 aliphatic carbocycles. The molecule has 0 aliphatic rings. The zero-order chi connectivity index (χ0) is 14.2. The number of benzene rings is 3. The normalized spacial score (nSPS) is 11.7. The predicted octanol–water partition coefficient (Wildman–Crippen LogP) is 3.75. The minimum atomic E-state index is -4.25. The predicted molar refractivity (Wildman–Crippen MR) is 79.2 cm³/mol. The lowest BCUT2D eigenvalue weighted by Gasteiger charge is -2.10. The third-order valence-corrected chi connectivity index (χ3v) is 4.16. The summed E-state index contributed by atoms with van der Waals surface area (Å²) in [7, 11) is -4.25. The minimum Gasteiger partial charge on any atom is -0.282 e. The van der Waals surface area contributed by atoms with Crippen molar-refractivity contribution in [1.82, 2.24) is 0 Å². The van der Waals surface area contributed by atoms with E-state index in [2.05, 4.69) is 0 Å². The molecule has 0 spiro atoms. The van der Waals surface area contributed by atoms with E-state index in [1.54, 1.807) is 18.2 Å². The van der Waals surface area contributed by atoms with Crippen LogP contribution in [0.1, 0.15) is 0 Å². The van der Waals surface area contributed by atoms with Crippen molar-refractivity contribution in [1.29, 1.82) is 0 Å². The largest absolute Gasteiger partial charge is 0.295 e. The second-order valence-corrected chi connectivity index (χ2v) is 5.89. The maximum atomic E-state index is 11.5. The average molecular weight is 284 g/mol. The van der Waals surface area contributed by atoms with Gasteiger partial charge in [0, 0.05) is 5.56 Å². The third-order valence-electron chi connectivity index (χ3n) is 3.24. The van der Waals surface area contributed by atoms with Crippen LogP contribution in [0.3, 0.4) is 0 Å². The first-order valence-corrected chi connectivity index (χ1v) is 7.56. The number of hydrogen-bond acceptors (Lipinski definition) is 2. The summed E-state index contributed by atoms with van der Waals surface area (Å²) in [6.07, 6.45) is 0. The Morgan fingerprint density at radius 3 is 2.10 bits per heavy atom. The van der Waals surface area contributed by atoms with Crippen LogP contribution in [0.2, 0.25) is 0 Å². The van der Waals surface area contributed by atoms with Gasteiger partial charge in [-0.3, -0.25) is 4.55 Å². The monoisotopic (exact) mass is 284 g/mol. The van der Waals surface area contributed by atoms with Crippen LogP contribution in [0.5, 0.6) is 0 Å². The van der Waals surface area contributed by atoms with Crippen molar-refractivity contribution < 1.29 is 13.0 Å². The lowest BCUT2D eigenvalue weighted by atomic mass is 9.98. The molecule has 0 fully saturated rings. The molecule has 3 nitrogen and oxygen atoms in total. The van der Waals surface area contributed by atoms with Gasteiger partial charge >= 0.3 is 0 Å². The Hall–Kier alpha value is -2.17. The molecule has 1 N–H and O–H groups in total. The van der Waals surface area contributed by atoms with Gasteiger partial charge in [-0.15, -0.1) is 0 Å². The van der Waals surface area contributed by atoms with Crippen molar-refractivity contribution in [3.05, 3.63) is 66.7 Å². The zero-order valence-corrected chi connectivity index (χ0v) is 11.3. The van der Waals surface area contributed by atoms with Crippen LogP contribution in [0, 0.1) is 0 Å². The average Bonchev–Trinajstić information content (AvgIpc) is 2.46. The van der Waals surface area contributed by atoms with Gasteiger partial charge in [0.15, 0.2) is 0 Å². The Morgan fingerprint density at radius 2 is 1.30 bits per heavy atom. The smallest absolute Gasteiger partial charge is 0.282 e. The molecule has 0 unspecified atom stereocenters. The fourth-order valence-electron chi connectivity index (χ4n) is 2.37. The van der Waals surface area contributed by atoms with Gasteiger partial charge in [0.05, 0.1) is 0 Å². The molecule has 20 heavy (non-hydrogen) atoms. The van der Waals surface area contributed by atoms with Crippen molar-refractivity contribution >= 4 is 20.9 Å². The van der Waals surface area contributed by atoms with Gasteiger partial charge in [-0.1, -0.05) is 60.7 Å². The Kier molecular flexibility index (Phi) is 3.04. The zero-order valence-electron chi connectivity index (χ0n) is 10.5. The minimum absolute atomic E-state index is 0.0728. The van der Waals surface area contributed by atoms with E-state index in [4.69, 9.17) is 0 Å². The van der Waals surface area contributed by atoms with E-state index in [1.165, 1.54) is 6.07 Å². The van der Waals surface area contributed by atoms with E-state index >= 15 is 0 Å².